The lowest BCUT2D eigenvalue weighted by Gasteiger charge is -2.62. The topological polar surface area (TPSA) is 47.9 Å². The molecule has 210 valence electrons. The van der Waals surface area contributed by atoms with E-state index < -0.39 is 0 Å². The minimum Gasteiger partial charge on any atom is -0.393 e. The molecule has 2 saturated heterocycles. The average molecular weight is 523 g/mol. The zero-order valence-electron chi connectivity index (χ0n) is 24.1. The largest absolute Gasteiger partial charge is 0.393 e. The van der Waals surface area contributed by atoms with Crippen LogP contribution in [0.15, 0.2) is 30.3 Å². The fraction of sp³-hybridized carbons (Fsp3) is 0.824. The van der Waals surface area contributed by atoms with Crippen molar-refractivity contribution in [2.24, 2.45) is 52.3 Å². The Labute approximate surface area is 230 Å². The summed E-state index contributed by atoms with van der Waals surface area (Å²) >= 11 is 0. The molecule has 1 aromatic carbocycles. The molecule has 38 heavy (non-hydrogen) atoms. The smallest absolute Gasteiger partial charge is 0.171 e. The van der Waals surface area contributed by atoms with Crippen molar-refractivity contribution in [3.05, 3.63) is 35.9 Å². The van der Waals surface area contributed by atoms with Gasteiger partial charge in [0.05, 0.1) is 31.5 Å². The van der Waals surface area contributed by atoms with Gasteiger partial charge in [-0.05, 0) is 103 Å². The van der Waals surface area contributed by atoms with Gasteiger partial charge >= 0.3 is 0 Å². The van der Waals surface area contributed by atoms with Crippen molar-refractivity contribution in [1.82, 2.24) is 0 Å². The van der Waals surface area contributed by atoms with Gasteiger partial charge in [-0.25, -0.2) is 0 Å². The van der Waals surface area contributed by atoms with Crippen molar-refractivity contribution in [1.29, 1.82) is 0 Å². The fourth-order valence-corrected chi connectivity index (χ4v) is 11.2. The number of fused-ring (bicyclic) bond motifs is 7. The van der Waals surface area contributed by atoms with Gasteiger partial charge in [-0.1, -0.05) is 58.0 Å². The maximum Gasteiger partial charge on any atom is 0.171 e. The molecule has 6 fully saturated rings. The third-order valence-electron chi connectivity index (χ3n) is 13.2. The van der Waals surface area contributed by atoms with Crippen LogP contribution in [0.1, 0.15) is 91.0 Å². The zero-order chi connectivity index (χ0) is 26.3. The maximum atomic E-state index is 11.7. The second-order valence-electron chi connectivity index (χ2n) is 15.0. The van der Waals surface area contributed by atoms with Gasteiger partial charge in [0.25, 0.3) is 0 Å². The van der Waals surface area contributed by atoms with Crippen LogP contribution in [-0.2, 0) is 20.8 Å². The predicted molar refractivity (Wildman–Crippen MR) is 148 cm³/mol. The molecule has 4 aliphatic carbocycles. The molecule has 1 aromatic rings. The maximum absolute atomic E-state index is 11.7. The van der Waals surface area contributed by atoms with Gasteiger partial charge in [0.1, 0.15) is 0 Å². The van der Waals surface area contributed by atoms with Crippen molar-refractivity contribution >= 4 is 0 Å². The fourth-order valence-electron chi connectivity index (χ4n) is 11.2. The Morgan fingerprint density at radius 2 is 1.68 bits per heavy atom. The van der Waals surface area contributed by atoms with Crippen molar-refractivity contribution in [3.8, 4) is 0 Å². The molecular formula is C34H50O4. The second kappa shape index (κ2) is 9.29. The number of ether oxygens (including phenoxy) is 3. The van der Waals surface area contributed by atoms with E-state index in [0.29, 0.717) is 53.6 Å². The highest BCUT2D eigenvalue weighted by molar-refractivity contribution is 5.17. The quantitative estimate of drug-likeness (QED) is 0.465. The highest BCUT2D eigenvalue weighted by Crippen LogP contribution is 2.71. The van der Waals surface area contributed by atoms with E-state index in [4.69, 9.17) is 14.2 Å². The molecule has 6 aliphatic rings. The summed E-state index contributed by atoms with van der Waals surface area (Å²) < 4.78 is 19.9. The van der Waals surface area contributed by atoms with Crippen LogP contribution in [0.25, 0.3) is 0 Å². The van der Waals surface area contributed by atoms with Crippen LogP contribution >= 0.6 is 0 Å². The van der Waals surface area contributed by atoms with Gasteiger partial charge in [0.15, 0.2) is 5.79 Å². The van der Waals surface area contributed by atoms with Crippen LogP contribution in [0.4, 0.5) is 0 Å². The SMILES string of the molecule is C[C@@H]1CC[C@@]2(OC1)O[C@H]1C[C@H]3[C@@H]4C[C@@H](O)[C@H]5C[C@@H](OCc6ccccc6)CC[C@]5(C)[C@H]4CC[C@]3(C)[C@H]1[C@@H]2C. The van der Waals surface area contributed by atoms with Crippen LogP contribution in [0, 0.1) is 52.3 Å². The minimum atomic E-state index is -0.339. The Morgan fingerprint density at radius 3 is 2.45 bits per heavy atom. The number of aliphatic hydroxyl groups excluding tert-OH is 1. The molecule has 4 heteroatoms. The van der Waals surface area contributed by atoms with Crippen LogP contribution < -0.4 is 0 Å². The average Bonchev–Trinajstić information content (AvgIpc) is 3.36. The molecule has 0 aromatic heterocycles. The van der Waals surface area contributed by atoms with Crippen LogP contribution in [-0.4, -0.2) is 35.8 Å². The van der Waals surface area contributed by atoms with Crippen LogP contribution in [0.2, 0.25) is 0 Å². The van der Waals surface area contributed by atoms with Gasteiger partial charge < -0.3 is 19.3 Å². The Hall–Kier alpha value is -0.940. The van der Waals surface area contributed by atoms with Crippen LogP contribution in [0.3, 0.4) is 0 Å². The van der Waals surface area contributed by atoms with Crippen molar-refractivity contribution in [2.75, 3.05) is 6.61 Å². The van der Waals surface area contributed by atoms with Gasteiger partial charge in [-0.3, -0.25) is 0 Å². The standard InChI is InChI=1S/C34H50O4/c1-21-10-15-34(37-19-21)22(2)31-30(38-34)18-27-25-17-29(35)28-16-24(36-20-23-8-6-5-7-9-23)11-13-32(28,3)26(25)12-14-33(27,31)4/h5-9,21-22,24-31,35H,10-20H2,1-4H3/t21-,22+,24+,25-,26+,27+,28-,29-,30+,31+,32-,33+,34-/m1/s1. The van der Waals surface area contributed by atoms with E-state index in [9.17, 15) is 5.11 Å². The molecule has 0 bridgehead atoms. The molecule has 4 saturated carbocycles. The van der Waals surface area contributed by atoms with E-state index in [0.717, 1.165) is 38.2 Å². The van der Waals surface area contributed by atoms with Gasteiger partial charge in [0, 0.05) is 12.3 Å². The Bertz CT molecular complexity index is 1000. The third-order valence-corrected chi connectivity index (χ3v) is 13.2. The predicted octanol–water partition coefficient (Wildman–Crippen LogP) is 6.99. The highest BCUT2D eigenvalue weighted by Gasteiger charge is 2.69. The van der Waals surface area contributed by atoms with E-state index in [2.05, 4.69) is 58.0 Å². The number of benzene rings is 1. The summed E-state index contributed by atoms with van der Waals surface area (Å²) in [5.74, 6) is 3.72. The first-order valence-corrected chi connectivity index (χ1v) is 15.9. The molecule has 2 heterocycles. The third kappa shape index (κ3) is 3.83. The summed E-state index contributed by atoms with van der Waals surface area (Å²) in [6.07, 6.45) is 10.8. The summed E-state index contributed by atoms with van der Waals surface area (Å²) in [7, 11) is 0. The number of hydrogen-bond acceptors (Lipinski definition) is 4. The van der Waals surface area contributed by atoms with E-state index in [-0.39, 0.29) is 23.4 Å². The highest BCUT2D eigenvalue weighted by atomic mass is 16.7. The van der Waals surface area contributed by atoms with E-state index in [1.807, 2.05) is 0 Å². The summed E-state index contributed by atoms with van der Waals surface area (Å²) in [6, 6.07) is 10.5. The number of aliphatic hydroxyl groups is 1. The van der Waals surface area contributed by atoms with E-state index >= 15 is 0 Å². The summed E-state index contributed by atoms with van der Waals surface area (Å²) in [6.45, 7) is 11.4. The molecule has 0 amide bonds. The van der Waals surface area contributed by atoms with Crippen molar-refractivity contribution in [3.63, 3.8) is 0 Å². The first-order valence-electron chi connectivity index (χ1n) is 15.9. The molecule has 0 unspecified atom stereocenters. The summed E-state index contributed by atoms with van der Waals surface area (Å²) in [4.78, 5) is 0. The molecule has 13 atom stereocenters. The lowest BCUT2D eigenvalue weighted by molar-refractivity contribution is -0.273. The lowest BCUT2D eigenvalue weighted by atomic mass is 9.43. The Balaban J connectivity index is 1.07. The first-order chi connectivity index (χ1) is 18.2. The van der Waals surface area contributed by atoms with Gasteiger partial charge in [-0.15, -0.1) is 0 Å². The van der Waals surface area contributed by atoms with Crippen LogP contribution in [0.5, 0.6) is 0 Å². The van der Waals surface area contributed by atoms with Crippen molar-refractivity contribution in [2.45, 2.75) is 116 Å². The molecular weight excluding hydrogens is 472 g/mol. The normalized spacial score (nSPS) is 53.7. The van der Waals surface area contributed by atoms with Gasteiger partial charge in [0.2, 0.25) is 0 Å². The molecule has 7 rings (SSSR count). The Kier molecular flexibility index (Phi) is 6.36. The Morgan fingerprint density at radius 1 is 0.895 bits per heavy atom. The second-order valence-corrected chi connectivity index (χ2v) is 15.0. The monoisotopic (exact) mass is 522 g/mol. The molecule has 1 N–H and O–H groups in total. The lowest BCUT2D eigenvalue weighted by Crippen LogP contribution is -2.58. The summed E-state index contributed by atoms with van der Waals surface area (Å²) in [5, 5.41) is 11.7. The van der Waals surface area contributed by atoms with E-state index in [1.54, 1.807) is 0 Å². The zero-order valence-corrected chi connectivity index (χ0v) is 24.1. The number of hydrogen-bond donors (Lipinski definition) is 1. The molecule has 1 spiro atoms. The molecule has 0 radical (unpaired) electrons. The first kappa shape index (κ1) is 26.0. The molecule has 2 aliphatic heterocycles. The minimum absolute atomic E-state index is 0.208. The van der Waals surface area contributed by atoms with Crippen molar-refractivity contribution < 1.29 is 19.3 Å². The number of rotatable bonds is 3. The van der Waals surface area contributed by atoms with Gasteiger partial charge in [-0.2, -0.15) is 0 Å². The summed E-state index contributed by atoms with van der Waals surface area (Å²) in [5.41, 5.74) is 1.78. The van der Waals surface area contributed by atoms with E-state index in [1.165, 1.54) is 37.7 Å². The molecule has 4 nitrogen and oxygen atoms in total.